The first-order valence-electron chi connectivity index (χ1n) is 4.53. The largest absolute Gasteiger partial charge is 0.495 e. The lowest BCUT2D eigenvalue weighted by molar-refractivity contribution is 0.0589. The zero-order chi connectivity index (χ0) is 13.0. The number of nitriles is 1. The van der Waals surface area contributed by atoms with Gasteiger partial charge in [-0.3, -0.25) is 0 Å². The van der Waals surface area contributed by atoms with Crippen molar-refractivity contribution in [3.05, 3.63) is 28.8 Å². The highest BCUT2D eigenvalue weighted by atomic mass is 19.3. The molecular formula is C11H9F2NO3. The topological polar surface area (TPSA) is 59.3 Å². The van der Waals surface area contributed by atoms with Crippen molar-refractivity contribution < 1.29 is 23.0 Å². The van der Waals surface area contributed by atoms with E-state index in [1.165, 1.54) is 7.11 Å². The first kappa shape index (κ1) is 12.9. The number of methoxy groups -OCH3 is 2. The van der Waals surface area contributed by atoms with Crippen LogP contribution >= 0.6 is 0 Å². The van der Waals surface area contributed by atoms with Gasteiger partial charge in [0.25, 0.3) is 6.43 Å². The molecule has 17 heavy (non-hydrogen) atoms. The van der Waals surface area contributed by atoms with Gasteiger partial charge in [-0.2, -0.15) is 5.26 Å². The second-order valence-corrected chi connectivity index (χ2v) is 3.04. The predicted octanol–water partition coefficient (Wildman–Crippen LogP) is 2.29. The van der Waals surface area contributed by atoms with Crippen LogP contribution in [0.5, 0.6) is 5.75 Å². The van der Waals surface area contributed by atoms with Crippen molar-refractivity contribution >= 4 is 5.97 Å². The first-order chi connectivity index (χ1) is 8.04. The molecule has 0 radical (unpaired) electrons. The summed E-state index contributed by atoms with van der Waals surface area (Å²) in [6.07, 6.45) is -2.86. The second kappa shape index (κ2) is 5.25. The van der Waals surface area contributed by atoms with Gasteiger partial charge >= 0.3 is 5.97 Å². The minimum Gasteiger partial charge on any atom is -0.495 e. The van der Waals surface area contributed by atoms with Gasteiger partial charge in [-0.15, -0.1) is 0 Å². The van der Waals surface area contributed by atoms with Crippen LogP contribution in [-0.2, 0) is 4.74 Å². The molecule has 1 aromatic carbocycles. The van der Waals surface area contributed by atoms with Gasteiger partial charge < -0.3 is 9.47 Å². The molecule has 0 aliphatic carbocycles. The van der Waals surface area contributed by atoms with Gasteiger partial charge in [0.2, 0.25) is 0 Å². The highest BCUT2D eigenvalue weighted by Crippen LogP contribution is 2.30. The van der Waals surface area contributed by atoms with E-state index in [0.29, 0.717) is 0 Å². The maximum Gasteiger partial charge on any atom is 0.338 e. The van der Waals surface area contributed by atoms with Crippen LogP contribution in [0.2, 0.25) is 0 Å². The van der Waals surface area contributed by atoms with E-state index in [-0.39, 0.29) is 16.9 Å². The van der Waals surface area contributed by atoms with Gasteiger partial charge in [0.1, 0.15) is 11.8 Å². The minimum absolute atomic E-state index is 0.00250. The lowest BCUT2D eigenvalue weighted by Crippen LogP contribution is -2.07. The summed E-state index contributed by atoms with van der Waals surface area (Å²) in [7, 11) is 2.33. The predicted molar refractivity (Wildman–Crippen MR) is 54.0 cm³/mol. The van der Waals surface area contributed by atoms with Crippen LogP contribution in [0.1, 0.15) is 27.9 Å². The molecule has 1 rings (SSSR count). The summed E-state index contributed by atoms with van der Waals surface area (Å²) in [5.41, 5.74) is -0.857. The number of benzene rings is 1. The van der Waals surface area contributed by atoms with Crippen LogP contribution in [0.4, 0.5) is 8.78 Å². The molecule has 90 valence electrons. The molecule has 0 saturated heterocycles. The quantitative estimate of drug-likeness (QED) is 0.762. The third-order valence-corrected chi connectivity index (χ3v) is 2.13. The number of esters is 1. The lowest BCUT2D eigenvalue weighted by Gasteiger charge is -2.10. The minimum atomic E-state index is -2.86. The smallest absolute Gasteiger partial charge is 0.338 e. The molecule has 0 heterocycles. The standard InChI is InChI=1S/C11H9F2NO3/c1-16-9-4-7(10(12)13)8(11(15)17-2)3-6(9)5-14/h3-4,10H,1-2H3. The maximum atomic E-state index is 12.7. The molecule has 0 fully saturated rings. The molecule has 0 bridgehead atoms. The van der Waals surface area contributed by atoms with E-state index in [1.54, 1.807) is 6.07 Å². The van der Waals surface area contributed by atoms with E-state index in [1.807, 2.05) is 0 Å². The van der Waals surface area contributed by atoms with Crippen molar-refractivity contribution in [2.24, 2.45) is 0 Å². The number of halogens is 2. The van der Waals surface area contributed by atoms with Crippen molar-refractivity contribution in [1.82, 2.24) is 0 Å². The van der Waals surface area contributed by atoms with E-state index in [2.05, 4.69) is 4.74 Å². The average molecular weight is 241 g/mol. The Morgan fingerprint density at radius 1 is 1.41 bits per heavy atom. The Balaban J connectivity index is 3.47. The van der Waals surface area contributed by atoms with Gasteiger partial charge in [-0.25, -0.2) is 13.6 Å². The Kier molecular flexibility index (Phi) is 3.99. The lowest BCUT2D eigenvalue weighted by atomic mass is 10.0. The molecule has 0 amide bonds. The van der Waals surface area contributed by atoms with Gasteiger partial charge in [0, 0.05) is 5.56 Å². The Morgan fingerprint density at radius 2 is 2.06 bits per heavy atom. The van der Waals surface area contributed by atoms with Crippen LogP contribution < -0.4 is 4.74 Å². The molecular weight excluding hydrogens is 232 g/mol. The van der Waals surface area contributed by atoms with Crippen molar-refractivity contribution in [1.29, 1.82) is 5.26 Å². The van der Waals surface area contributed by atoms with E-state index in [9.17, 15) is 13.6 Å². The fraction of sp³-hybridized carbons (Fsp3) is 0.273. The van der Waals surface area contributed by atoms with Crippen LogP contribution in [0.15, 0.2) is 12.1 Å². The molecule has 6 heteroatoms. The van der Waals surface area contributed by atoms with E-state index >= 15 is 0 Å². The Labute approximate surface area is 96.4 Å². The third-order valence-electron chi connectivity index (χ3n) is 2.13. The molecule has 0 atom stereocenters. The summed E-state index contributed by atoms with van der Waals surface area (Å²) in [6.45, 7) is 0. The fourth-order valence-electron chi connectivity index (χ4n) is 1.32. The number of ether oxygens (including phenoxy) is 2. The number of alkyl halides is 2. The molecule has 0 spiro atoms. The number of rotatable bonds is 3. The van der Waals surface area contributed by atoms with E-state index in [4.69, 9.17) is 10.00 Å². The van der Waals surface area contributed by atoms with Crippen LogP contribution in [0, 0.1) is 11.3 Å². The second-order valence-electron chi connectivity index (χ2n) is 3.04. The number of carbonyl (C=O) groups excluding carboxylic acids is 1. The summed E-state index contributed by atoms with van der Waals surface area (Å²) in [5, 5.41) is 8.79. The summed E-state index contributed by atoms with van der Waals surface area (Å²) in [4.78, 5) is 11.3. The highest BCUT2D eigenvalue weighted by Gasteiger charge is 2.22. The van der Waals surface area contributed by atoms with Crippen LogP contribution in [0.25, 0.3) is 0 Å². The Hall–Kier alpha value is -2.16. The van der Waals surface area contributed by atoms with Gasteiger partial charge in [0.05, 0.1) is 25.3 Å². The van der Waals surface area contributed by atoms with Crippen LogP contribution in [-0.4, -0.2) is 20.2 Å². The monoisotopic (exact) mass is 241 g/mol. The molecule has 0 aromatic heterocycles. The van der Waals surface area contributed by atoms with Crippen LogP contribution in [0.3, 0.4) is 0 Å². The molecule has 0 N–H and O–H groups in total. The summed E-state index contributed by atoms with van der Waals surface area (Å²) in [6, 6.07) is 3.76. The average Bonchev–Trinajstić information content (AvgIpc) is 2.35. The molecule has 1 aromatic rings. The van der Waals surface area contributed by atoms with Gasteiger partial charge in [-0.1, -0.05) is 0 Å². The summed E-state index contributed by atoms with van der Waals surface area (Å²) >= 11 is 0. The number of hydrogen-bond acceptors (Lipinski definition) is 4. The summed E-state index contributed by atoms with van der Waals surface area (Å²) < 4.78 is 34.6. The Morgan fingerprint density at radius 3 is 2.47 bits per heavy atom. The number of hydrogen-bond donors (Lipinski definition) is 0. The van der Waals surface area contributed by atoms with Gasteiger partial charge in [-0.05, 0) is 12.1 Å². The molecule has 0 aliphatic rings. The molecule has 4 nitrogen and oxygen atoms in total. The summed E-state index contributed by atoms with van der Waals surface area (Å²) in [5.74, 6) is -0.921. The van der Waals surface area contributed by atoms with Gasteiger partial charge in [0.15, 0.2) is 0 Å². The van der Waals surface area contributed by atoms with Crippen molar-refractivity contribution in [3.63, 3.8) is 0 Å². The van der Waals surface area contributed by atoms with Crippen molar-refractivity contribution in [2.75, 3.05) is 14.2 Å². The maximum absolute atomic E-state index is 12.7. The van der Waals surface area contributed by atoms with Crippen molar-refractivity contribution in [2.45, 2.75) is 6.43 Å². The zero-order valence-electron chi connectivity index (χ0n) is 9.16. The van der Waals surface area contributed by atoms with E-state index < -0.39 is 18.0 Å². The molecule has 0 saturated carbocycles. The fourth-order valence-corrected chi connectivity index (χ4v) is 1.32. The normalized spacial score (nSPS) is 9.88. The SMILES string of the molecule is COC(=O)c1cc(C#N)c(OC)cc1C(F)F. The highest BCUT2D eigenvalue weighted by molar-refractivity contribution is 5.92. The molecule has 0 aliphatic heterocycles. The van der Waals surface area contributed by atoms with Crippen molar-refractivity contribution in [3.8, 4) is 11.8 Å². The number of nitrogens with zero attached hydrogens (tertiary/aromatic N) is 1. The van der Waals surface area contributed by atoms with E-state index in [0.717, 1.165) is 19.2 Å². The Bertz CT molecular complexity index is 480. The number of carbonyl (C=O) groups is 1. The first-order valence-corrected chi connectivity index (χ1v) is 4.53. The molecule has 0 unspecified atom stereocenters. The third kappa shape index (κ3) is 2.50. The zero-order valence-corrected chi connectivity index (χ0v) is 9.16.